The number of allylic oxidation sites excluding steroid dienone is 8. The van der Waals surface area contributed by atoms with Crippen molar-refractivity contribution < 1.29 is 39.8 Å². The second-order valence-electron chi connectivity index (χ2n) is 17.6. The van der Waals surface area contributed by atoms with Crippen molar-refractivity contribution in [2.75, 3.05) is 13.2 Å². The lowest BCUT2D eigenvalue weighted by molar-refractivity contribution is -0.302. The summed E-state index contributed by atoms with van der Waals surface area (Å²) in [6.45, 7) is 3.63. The van der Waals surface area contributed by atoms with Crippen LogP contribution in [0.15, 0.2) is 48.6 Å². The monoisotopic (exact) mass is 862 g/mol. The minimum atomic E-state index is -1.55. The van der Waals surface area contributed by atoms with Gasteiger partial charge in [0, 0.05) is 6.42 Å². The van der Waals surface area contributed by atoms with E-state index in [9.17, 15) is 30.3 Å². The van der Waals surface area contributed by atoms with Crippen LogP contribution in [0.5, 0.6) is 0 Å². The molecule has 1 fully saturated rings. The fourth-order valence-corrected chi connectivity index (χ4v) is 7.92. The van der Waals surface area contributed by atoms with E-state index in [-0.39, 0.29) is 12.5 Å². The molecule has 1 amide bonds. The Labute approximate surface area is 373 Å². The Balaban J connectivity index is 2.00. The quantitative estimate of drug-likeness (QED) is 0.0262. The van der Waals surface area contributed by atoms with Gasteiger partial charge in [0.2, 0.25) is 5.91 Å². The first kappa shape index (κ1) is 57.2. The molecule has 0 radical (unpaired) electrons. The Morgan fingerprint density at radius 1 is 0.574 bits per heavy atom. The van der Waals surface area contributed by atoms with Gasteiger partial charge in [0.05, 0.1) is 25.4 Å². The van der Waals surface area contributed by atoms with Crippen molar-refractivity contribution >= 4 is 5.91 Å². The third-order valence-corrected chi connectivity index (χ3v) is 11.9. The number of hydrogen-bond acceptors (Lipinski definition) is 8. The van der Waals surface area contributed by atoms with Gasteiger partial charge >= 0.3 is 0 Å². The maximum atomic E-state index is 12.9. The zero-order chi connectivity index (χ0) is 44.4. The van der Waals surface area contributed by atoms with Crippen molar-refractivity contribution in [2.24, 2.45) is 0 Å². The van der Waals surface area contributed by atoms with Crippen molar-refractivity contribution in [1.82, 2.24) is 5.32 Å². The molecule has 0 aromatic carbocycles. The molecule has 0 spiro atoms. The molecule has 9 nitrogen and oxygen atoms in total. The zero-order valence-corrected chi connectivity index (χ0v) is 39.2. The topological polar surface area (TPSA) is 149 Å². The van der Waals surface area contributed by atoms with Crippen LogP contribution in [0.2, 0.25) is 0 Å². The van der Waals surface area contributed by atoms with Crippen LogP contribution in [0.1, 0.15) is 219 Å². The summed E-state index contributed by atoms with van der Waals surface area (Å²) in [4.78, 5) is 12.9. The van der Waals surface area contributed by atoms with Gasteiger partial charge in [-0.2, -0.15) is 0 Å². The molecule has 7 unspecified atom stereocenters. The summed E-state index contributed by atoms with van der Waals surface area (Å²) in [5.74, 6) is -0.150. The van der Waals surface area contributed by atoms with Gasteiger partial charge < -0.3 is 40.3 Å². The van der Waals surface area contributed by atoms with Crippen LogP contribution in [0, 0.1) is 0 Å². The van der Waals surface area contributed by atoms with E-state index in [4.69, 9.17) is 9.47 Å². The van der Waals surface area contributed by atoms with E-state index in [0.29, 0.717) is 12.8 Å². The highest BCUT2D eigenvalue weighted by Crippen LogP contribution is 2.23. The van der Waals surface area contributed by atoms with Gasteiger partial charge in [-0.1, -0.05) is 210 Å². The lowest BCUT2D eigenvalue weighted by Crippen LogP contribution is -2.60. The fraction of sp³-hybridized carbons (Fsp3) is 0.827. The summed E-state index contributed by atoms with van der Waals surface area (Å²) in [6, 6.07) is -0.713. The van der Waals surface area contributed by atoms with E-state index in [1.165, 1.54) is 116 Å². The molecule has 0 aromatic heterocycles. The molecule has 1 heterocycles. The number of carbonyl (C=O) groups excluding carboxylic acids is 1. The molecule has 1 rings (SSSR count). The summed E-state index contributed by atoms with van der Waals surface area (Å²) in [6.07, 6.45) is 47.8. The largest absolute Gasteiger partial charge is 0.394 e. The normalized spacial score (nSPS) is 20.8. The molecule has 6 N–H and O–H groups in total. The van der Waals surface area contributed by atoms with Gasteiger partial charge in [0.15, 0.2) is 6.29 Å². The first-order valence-electron chi connectivity index (χ1n) is 25.3. The molecule has 1 aliphatic rings. The molecular weight excluding hydrogens is 767 g/mol. The second-order valence-corrected chi connectivity index (χ2v) is 17.6. The zero-order valence-electron chi connectivity index (χ0n) is 39.2. The third kappa shape index (κ3) is 32.5. The van der Waals surface area contributed by atoms with E-state index in [1.54, 1.807) is 0 Å². The van der Waals surface area contributed by atoms with Crippen molar-refractivity contribution in [2.45, 2.75) is 262 Å². The molecule has 7 atom stereocenters. The Bertz CT molecular complexity index is 1090. The van der Waals surface area contributed by atoms with Crippen molar-refractivity contribution in [1.29, 1.82) is 0 Å². The maximum absolute atomic E-state index is 12.9. The van der Waals surface area contributed by atoms with E-state index >= 15 is 0 Å². The minimum Gasteiger partial charge on any atom is -0.394 e. The molecule has 1 saturated heterocycles. The van der Waals surface area contributed by atoms with Crippen molar-refractivity contribution in [3.63, 3.8) is 0 Å². The summed E-state index contributed by atoms with van der Waals surface area (Å²) in [5.41, 5.74) is 0. The molecule has 9 heteroatoms. The van der Waals surface area contributed by atoms with Gasteiger partial charge in [-0.15, -0.1) is 0 Å². The first-order valence-corrected chi connectivity index (χ1v) is 25.3. The number of rotatable bonds is 42. The molecular formula is C52H95NO8. The van der Waals surface area contributed by atoms with Crippen LogP contribution < -0.4 is 5.32 Å². The number of aliphatic hydroxyl groups excluding tert-OH is 5. The molecule has 61 heavy (non-hydrogen) atoms. The smallest absolute Gasteiger partial charge is 0.220 e. The van der Waals surface area contributed by atoms with E-state index in [1.807, 2.05) is 0 Å². The number of carbonyl (C=O) groups is 1. The fourth-order valence-electron chi connectivity index (χ4n) is 7.92. The van der Waals surface area contributed by atoms with Crippen LogP contribution in [-0.2, 0) is 14.3 Å². The van der Waals surface area contributed by atoms with Crippen LogP contribution >= 0.6 is 0 Å². The van der Waals surface area contributed by atoms with E-state index < -0.39 is 49.5 Å². The number of amides is 1. The molecule has 0 bridgehead atoms. The highest BCUT2D eigenvalue weighted by Gasteiger charge is 2.44. The highest BCUT2D eigenvalue weighted by atomic mass is 16.7. The summed E-state index contributed by atoms with van der Waals surface area (Å²) >= 11 is 0. The number of hydrogen-bond donors (Lipinski definition) is 6. The predicted octanol–water partition coefficient (Wildman–Crippen LogP) is 11.4. The summed E-state index contributed by atoms with van der Waals surface area (Å²) < 4.78 is 11.2. The third-order valence-electron chi connectivity index (χ3n) is 11.9. The standard InChI is InChI=1S/C52H95NO8/c1-3-5-7-9-10-11-12-13-14-15-16-17-18-19-20-21-22-23-24-25-26-27-28-29-30-31-32-33-34-35-36-38-40-42-48(56)53-45(46(55)41-39-37-8-6-4-2)44-60-52-51(59)50(58)49(57)47(43-54)61-52/h5,7,10-11,13-14,16-17,45-47,49-52,54-55,57-59H,3-4,6,8-9,12,15,18-44H2,1-2H3,(H,53,56)/b7-5-,11-10-,14-13-,17-16-. The van der Waals surface area contributed by atoms with E-state index in [0.717, 1.165) is 77.0 Å². The predicted molar refractivity (Wildman–Crippen MR) is 253 cm³/mol. The maximum Gasteiger partial charge on any atom is 0.220 e. The molecule has 356 valence electrons. The number of unbranched alkanes of at least 4 members (excludes halogenated alkanes) is 24. The van der Waals surface area contributed by atoms with Gasteiger partial charge in [0.1, 0.15) is 24.4 Å². The molecule has 0 aromatic rings. The van der Waals surface area contributed by atoms with Gasteiger partial charge in [-0.3, -0.25) is 4.79 Å². The van der Waals surface area contributed by atoms with Crippen LogP contribution in [0.4, 0.5) is 0 Å². The van der Waals surface area contributed by atoms with E-state index in [2.05, 4.69) is 67.8 Å². The SMILES string of the molecule is CC/C=C\C/C=C\C/C=C\C/C=C\CCCCCCCCCCCCCCCCCCCCCCC(=O)NC(COC1OC(CO)C(O)C(O)C1O)C(O)CCCCCCC. The molecule has 0 saturated carbocycles. The van der Waals surface area contributed by atoms with Crippen molar-refractivity contribution in [3.05, 3.63) is 48.6 Å². The number of aliphatic hydroxyl groups is 5. The Kier molecular flexibility index (Phi) is 39.5. The van der Waals surface area contributed by atoms with Crippen molar-refractivity contribution in [3.8, 4) is 0 Å². The first-order chi connectivity index (χ1) is 29.8. The number of nitrogens with one attached hydrogen (secondary N) is 1. The van der Waals surface area contributed by atoms with Gasteiger partial charge in [-0.25, -0.2) is 0 Å². The summed E-state index contributed by atoms with van der Waals surface area (Å²) in [7, 11) is 0. The minimum absolute atomic E-state index is 0.139. The molecule has 0 aliphatic carbocycles. The number of ether oxygens (including phenoxy) is 2. The van der Waals surface area contributed by atoms with Gasteiger partial charge in [-0.05, 0) is 51.4 Å². The highest BCUT2D eigenvalue weighted by molar-refractivity contribution is 5.76. The average Bonchev–Trinajstić information content (AvgIpc) is 3.26. The Morgan fingerprint density at radius 2 is 1.02 bits per heavy atom. The Morgan fingerprint density at radius 3 is 1.51 bits per heavy atom. The van der Waals surface area contributed by atoms with Crippen LogP contribution in [0.25, 0.3) is 0 Å². The lowest BCUT2D eigenvalue weighted by Gasteiger charge is -2.40. The lowest BCUT2D eigenvalue weighted by atomic mass is 9.99. The second kappa shape index (κ2) is 42.1. The summed E-state index contributed by atoms with van der Waals surface area (Å²) in [5, 5.41) is 53.9. The average molecular weight is 862 g/mol. The van der Waals surface area contributed by atoms with Gasteiger partial charge in [0.25, 0.3) is 0 Å². The molecule has 1 aliphatic heterocycles. The van der Waals surface area contributed by atoms with Crippen LogP contribution in [0.3, 0.4) is 0 Å². The Hall–Kier alpha value is -1.85. The van der Waals surface area contributed by atoms with Crippen LogP contribution in [-0.4, -0.2) is 87.5 Å².